The molecule has 0 N–H and O–H groups in total. The molecule has 0 spiro atoms. The van der Waals surface area contributed by atoms with Gasteiger partial charge < -0.3 is 13.9 Å². The predicted octanol–water partition coefficient (Wildman–Crippen LogP) is 6.82. The highest BCUT2D eigenvalue weighted by Crippen LogP contribution is 2.30. The number of fused-ring (bicyclic) bond motifs is 1. The molecule has 1 unspecified atom stereocenters. The molecular weight excluding hydrogens is 400 g/mol. The van der Waals surface area contributed by atoms with Gasteiger partial charge in [-0.2, -0.15) is 10.5 Å². The van der Waals surface area contributed by atoms with E-state index in [9.17, 15) is 0 Å². The third-order valence-corrected chi connectivity index (χ3v) is 5.10. The van der Waals surface area contributed by atoms with Crippen molar-refractivity contribution in [1.29, 1.82) is 10.5 Å². The minimum absolute atomic E-state index is 0.427. The molecule has 0 saturated carbocycles. The number of unbranched alkanes of at least 4 members (excludes halogenated alkanes) is 1. The average molecular weight is 422 g/mol. The average Bonchev–Trinajstić information content (AvgIpc) is 3.26. The van der Waals surface area contributed by atoms with E-state index < -0.39 is 6.29 Å². The molecule has 4 rings (SSSR count). The molecule has 5 nitrogen and oxygen atoms in total. The van der Waals surface area contributed by atoms with Crippen molar-refractivity contribution in [2.45, 2.75) is 32.5 Å². The van der Waals surface area contributed by atoms with Gasteiger partial charge in [-0.05, 0) is 79.2 Å². The normalized spacial score (nSPS) is 11.5. The standard InChI is InChI=1S/C27H22N2O3/c1-2-3-4-27(30-23-10-5-19(17-28)6-11-23)31-24-12-8-21(9-13-24)26-16-22-15-20(18-29)7-14-25(22)32-26/h5-16,27H,2-4H2,1H3. The van der Waals surface area contributed by atoms with Crippen molar-refractivity contribution in [2.24, 2.45) is 0 Å². The molecule has 158 valence electrons. The van der Waals surface area contributed by atoms with Crippen molar-refractivity contribution < 1.29 is 13.9 Å². The van der Waals surface area contributed by atoms with Crippen molar-refractivity contribution in [2.75, 3.05) is 0 Å². The third kappa shape index (κ3) is 4.91. The summed E-state index contributed by atoms with van der Waals surface area (Å²) in [6.07, 6.45) is 2.34. The minimum atomic E-state index is -0.427. The molecule has 1 atom stereocenters. The summed E-state index contributed by atoms with van der Waals surface area (Å²) in [5.41, 5.74) is 2.86. The minimum Gasteiger partial charge on any atom is -0.456 e. The van der Waals surface area contributed by atoms with Crippen molar-refractivity contribution in [3.8, 4) is 35.0 Å². The molecule has 1 aromatic heterocycles. The highest BCUT2D eigenvalue weighted by molar-refractivity contribution is 5.84. The van der Waals surface area contributed by atoms with E-state index in [1.807, 2.05) is 42.5 Å². The van der Waals surface area contributed by atoms with Crippen LogP contribution in [0.2, 0.25) is 0 Å². The number of furan rings is 1. The largest absolute Gasteiger partial charge is 0.456 e. The number of nitrogens with zero attached hydrogens (tertiary/aromatic N) is 2. The van der Waals surface area contributed by atoms with Gasteiger partial charge in [-0.1, -0.05) is 13.3 Å². The van der Waals surface area contributed by atoms with Crippen LogP contribution >= 0.6 is 0 Å². The Balaban J connectivity index is 1.48. The summed E-state index contributed by atoms with van der Waals surface area (Å²) in [4.78, 5) is 0. The molecule has 32 heavy (non-hydrogen) atoms. The van der Waals surface area contributed by atoms with Gasteiger partial charge in [0, 0.05) is 17.4 Å². The summed E-state index contributed by atoms with van der Waals surface area (Å²) in [7, 11) is 0. The van der Waals surface area contributed by atoms with Gasteiger partial charge in [0.2, 0.25) is 6.29 Å². The van der Waals surface area contributed by atoms with E-state index >= 15 is 0 Å². The van der Waals surface area contributed by atoms with Gasteiger partial charge in [0.25, 0.3) is 0 Å². The van der Waals surface area contributed by atoms with Gasteiger partial charge in [0.05, 0.1) is 23.3 Å². The molecule has 3 aromatic carbocycles. The number of hydrogen-bond donors (Lipinski definition) is 0. The number of rotatable bonds is 8. The first-order chi connectivity index (χ1) is 15.7. The van der Waals surface area contributed by atoms with E-state index in [2.05, 4.69) is 19.1 Å². The highest BCUT2D eigenvalue weighted by atomic mass is 16.7. The van der Waals surface area contributed by atoms with Crippen molar-refractivity contribution in [3.05, 3.63) is 83.9 Å². The van der Waals surface area contributed by atoms with E-state index in [-0.39, 0.29) is 0 Å². The monoisotopic (exact) mass is 422 g/mol. The zero-order valence-electron chi connectivity index (χ0n) is 17.7. The van der Waals surface area contributed by atoms with E-state index in [4.69, 9.17) is 24.4 Å². The van der Waals surface area contributed by atoms with Crippen LogP contribution in [0.4, 0.5) is 0 Å². The Bertz CT molecular complexity index is 1280. The van der Waals surface area contributed by atoms with Gasteiger partial charge in [-0.3, -0.25) is 0 Å². The quantitative estimate of drug-likeness (QED) is 0.291. The lowest BCUT2D eigenvalue weighted by molar-refractivity contribution is -0.00211. The Morgan fingerprint density at radius 1 is 0.812 bits per heavy atom. The van der Waals surface area contributed by atoms with Crippen LogP contribution in [-0.4, -0.2) is 6.29 Å². The van der Waals surface area contributed by atoms with Crippen molar-refractivity contribution >= 4 is 11.0 Å². The van der Waals surface area contributed by atoms with Crippen molar-refractivity contribution in [1.82, 2.24) is 0 Å². The molecule has 0 fully saturated rings. The Hall–Kier alpha value is -4.22. The fourth-order valence-corrected chi connectivity index (χ4v) is 3.38. The second kappa shape index (κ2) is 9.73. The van der Waals surface area contributed by atoms with Crippen LogP contribution in [0.5, 0.6) is 11.5 Å². The van der Waals surface area contributed by atoms with Crippen LogP contribution in [0.15, 0.2) is 77.2 Å². The first-order valence-corrected chi connectivity index (χ1v) is 10.6. The van der Waals surface area contributed by atoms with Gasteiger partial charge in [0.15, 0.2) is 0 Å². The molecule has 5 heteroatoms. The first-order valence-electron chi connectivity index (χ1n) is 10.6. The number of benzene rings is 3. The van der Waals surface area contributed by atoms with Crippen LogP contribution in [-0.2, 0) is 0 Å². The zero-order chi connectivity index (χ0) is 22.3. The van der Waals surface area contributed by atoms with E-state index in [1.54, 1.807) is 30.3 Å². The second-order valence-electron chi connectivity index (χ2n) is 7.44. The molecule has 0 saturated heterocycles. The smallest absolute Gasteiger partial charge is 0.241 e. The summed E-state index contributed by atoms with van der Waals surface area (Å²) in [5.74, 6) is 2.10. The second-order valence-corrected chi connectivity index (χ2v) is 7.44. The SMILES string of the molecule is CCCCC(Oc1ccc(C#N)cc1)Oc1ccc(-c2cc3cc(C#N)ccc3o2)cc1. The van der Waals surface area contributed by atoms with Gasteiger partial charge in [-0.15, -0.1) is 0 Å². The molecule has 0 aliphatic rings. The molecule has 0 amide bonds. The highest BCUT2D eigenvalue weighted by Gasteiger charge is 2.13. The lowest BCUT2D eigenvalue weighted by atomic mass is 10.1. The van der Waals surface area contributed by atoms with Crippen LogP contribution in [0.1, 0.15) is 37.3 Å². The van der Waals surface area contributed by atoms with Gasteiger partial charge in [-0.25, -0.2) is 0 Å². The van der Waals surface area contributed by atoms with E-state index in [0.29, 0.717) is 22.6 Å². The zero-order valence-corrected chi connectivity index (χ0v) is 17.7. The van der Waals surface area contributed by atoms with E-state index in [0.717, 1.165) is 41.6 Å². The van der Waals surface area contributed by atoms with Gasteiger partial charge >= 0.3 is 0 Å². The van der Waals surface area contributed by atoms with Gasteiger partial charge in [0.1, 0.15) is 22.8 Å². The summed E-state index contributed by atoms with van der Waals surface area (Å²) < 4.78 is 18.1. The van der Waals surface area contributed by atoms with E-state index in [1.165, 1.54) is 0 Å². The molecule has 1 heterocycles. The van der Waals surface area contributed by atoms with Crippen LogP contribution < -0.4 is 9.47 Å². The Morgan fingerprint density at radius 2 is 1.44 bits per heavy atom. The Kier molecular flexibility index (Phi) is 6.39. The predicted molar refractivity (Wildman–Crippen MR) is 122 cm³/mol. The molecular formula is C27H22N2O3. The van der Waals surface area contributed by atoms with Crippen LogP contribution in [0.25, 0.3) is 22.3 Å². The maximum absolute atomic E-state index is 9.08. The summed E-state index contributed by atoms with van der Waals surface area (Å²) in [5, 5.41) is 18.9. The Labute approximate surface area is 187 Å². The Morgan fingerprint density at radius 3 is 2.06 bits per heavy atom. The molecule has 0 radical (unpaired) electrons. The summed E-state index contributed by atoms with van der Waals surface area (Å²) in [6.45, 7) is 2.13. The molecule has 4 aromatic rings. The summed E-state index contributed by atoms with van der Waals surface area (Å²) in [6, 6.07) is 26.3. The van der Waals surface area contributed by atoms with Crippen LogP contribution in [0.3, 0.4) is 0 Å². The third-order valence-electron chi connectivity index (χ3n) is 5.10. The molecule has 0 aliphatic carbocycles. The number of ether oxygens (including phenoxy) is 2. The fourth-order valence-electron chi connectivity index (χ4n) is 3.38. The lowest BCUT2D eigenvalue weighted by Gasteiger charge is -2.20. The maximum atomic E-state index is 9.08. The summed E-state index contributed by atoms with van der Waals surface area (Å²) >= 11 is 0. The first kappa shape index (κ1) is 21.0. The number of hydrogen-bond acceptors (Lipinski definition) is 5. The topological polar surface area (TPSA) is 79.2 Å². The maximum Gasteiger partial charge on any atom is 0.241 e. The molecule has 0 bridgehead atoms. The fraction of sp³-hybridized carbons (Fsp3) is 0.185. The molecule has 0 aliphatic heterocycles. The number of nitriles is 2. The van der Waals surface area contributed by atoms with Crippen LogP contribution in [0, 0.1) is 22.7 Å². The lowest BCUT2D eigenvalue weighted by Crippen LogP contribution is -2.23. The van der Waals surface area contributed by atoms with Crippen molar-refractivity contribution in [3.63, 3.8) is 0 Å².